The lowest BCUT2D eigenvalue weighted by atomic mass is 9.99. The van der Waals surface area contributed by atoms with Gasteiger partial charge < -0.3 is 4.98 Å². The first-order valence-corrected chi connectivity index (χ1v) is 19.0. The smallest absolute Gasteiger partial charge is 0.239 e. The van der Waals surface area contributed by atoms with Crippen LogP contribution < -0.4 is 4.31 Å². The fourth-order valence-corrected chi connectivity index (χ4v) is 8.55. The van der Waals surface area contributed by atoms with Crippen LogP contribution in [0.4, 0.5) is 10.3 Å². The first-order valence-electron chi connectivity index (χ1n) is 13.5. The van der Waals surface area contributed by atoms with E-state index in [1.165, 1.54) is 36.0 Å². The predicted molar refractivity (Wildman–Crippen MR) is 182 cm³/mol. The second-order valence-corrected chi connectivity index (χ2v) is 17.3. The van der Waals surface area contributed by atoms with E-state index in [0.717, 1.165) is 36.1 Å². The highest BCUT2D eigenvalue weighted by atomic mass is 32.2. The van der Waals surface area contributed by atoms with Crippen LogP contribution in [0.15, 0.2) is 77.1 Å². The summed E-state index contributed by atoms with van der Waals surface area (Å²) in [5.74, 6) is -1.28. The third-order valence-corrected chi connectivity index (χ3v) is 12.2. The van der Waals surface area contributed by atoms with Gasteiger partial charge in [-0.3, -0.25) is 0 Å². The summed E-state index contributed by atoms with van der Waals surface area (Å²) >= 11 is 7.66. The van der Waals surface area contributed by atoms with E-state index in [2.05, 4.69) is 26.0 Å². The van der Waals surface area contributed by atoms with Crippen LogP contribution in [0.2, 0.25) is 0 Å². The molecule has 0 saturated heterocycles. The van der Waals surface area contributed by atoms with E-state index >= 15 is 0 Å². The Kier molecular flexibility index (Phi) is 9.46. The van der Waals surface area contributed by atoms with Crippen molar-refractivity contribution in [3.63, 3.8) is 0 Å². The van der Waals surface area contributed by atoms with Gasteiger partial charge in [-0.1, -0.05) is 38.1 Å². The molecule has 0 spiro atoms. The van der Waals surface area contributed by atoms with Gasteiger partial charge in [0, 0.05) is 18.2 Å². The van der Waals surface area contributed by atoms with Crippen LogP contribution in [0.1, 0.15) is 31.0 Å². The van der Waals surface area contributed by atoms with Crippen LogP contribution in [-0.4, -0.2) is 50.1 Å². The number of sulfonamides is 1. The highest BCUT2D eigenvalue weighted by Crippen LogP contribution is 2.34. The Labute approximate surface area is 273 Å². The van der Waals surface area contributed by atoms with Crippen LogP contribution in [0, 0.1) is 9.77 Å². The molecule has 0 amide bonds. The number of nitrogens with one attached hydrogen (secondary N) is 1. The summed E-state index contributed by atoms with van der Waals surface area (Å²) in [6.45, 7) is 3.66. The fourth-order valence-electron chi connectivity index (χ4n) is 4.37. The molecule has 0 unspecified atom stereocenters. The molecule has 0 atom stereocenters. The Bertz CT molecular complexity index is 2210. The van der Waals surface area contributed by atoms with E-state index in [-0.39, 0.29) is 21.9 Å². The molecule has 0 aliphatic carbocycles. The second-order valence-electron chi connectivity index (χ2n) is 10.3. The number of sulfone groups is 1. The number of thiazole rings is 2. The minimum atomic E-state index is -3.91. The molecule has 3 aromatic carbocycles. The Balaban J connectivity index is 0.000000336. The van der Waals surface area contributed by atoms with Gasteiger partial charge >= 0.3 is 0 Å². The Morgan fingerprint density at radius 2 is 1.53 bits per heavy atom. The Morgan fingerprint density at radius 3 is 2.16 bits per heavy atom. The topological polar surface area (TPSA) is 126 Å². The first-order chi connectivity index (χ1) is 21.2. The standard InChI is InChI=1S/C23H23FN4O4S3.C7H5NS2/c1-14(2)20-17(13-35(31,32)23-25-18-7-5-6-8-19(18)33-23)21(15-9-11-16(24)12-10-15)27-22(26-20)28(3)34(4,29)30;9-7-8-5-3-1-2-4-6(5)10-7/h5-12,14H,13H2,1-4H3;1-4H,(H,8,9). The summed E-state index contributed by atoms with van der Waals surface area (Å²) in [7, 11) is -6.28. The zero-order valence-electron chi connectivity index (χ0n) is 24.6. The number of aromatic nitrogens is 4. The van der Waals surface area contributed by atoms with Crippen molar-refractivity contribution in [3.8, 4) is 11.3 Å². The molecule has 0 fully saturated rings. The molecule has 6 aromatic rings. The van der Waals surface area contributed by atoms with Crippen LogP contribution in [0.25, 0.3) is 31.7 Å². The molecule has 0 aliphatic heterocycles. The molecular weight excluding hydrogens is 674 g/mol. The summed E-state index contributed by atoms with van der Waals surface area (Å²) in [6, 6.07) is 20.7. The number of fused-ring (bicyclic) bond motifs is 2. The van der Waals surface area contributed by atoms with Gasteiger partial charge in [0.15, 0.2) is 3.95 Å². The molecule has 3 aromatic heterocycles. The molecule has 1 N–H and O–H groups in total. The van der Waals surface area contributed by atoms with Gasteiger partial charge in [0.25, 0.3) is 0 Å². The van der Waals surface area contributed by atoms with Gasteiger partial charge in [-0.05, 0) is 66.7 Å². The van der Waals surface area contributed by atoms with E-state index in [1.807, 2.05) is 38.1 Å². The lowest BCUT2D eigenvalue weighted by Gasteiger charge is -2.21. The minimum Gasteiger partial charge on any atom is -0.337 e. The van der Waals surface area contributed by atoms with Crippen molar-refractivity contribution in [2.24, 2.45) is 0 Å². The zero-order chi connectivity index (χ0) is 32.5. The number of benzene rings is 3. The maximum atomic E-state index is 13.6. The number of hydrogen-bond donors (Lipinski definition) is 1. The van der Waals surface area contributed by atoms with E-state index in [4.69, 9.17) is 12.2 Å². The van der Waals surface area contributed by atoms with Crippen LogP contribution in [0.3, 0.4) is 0 Å². The van der Waals surface area contributed by atoms with Crippen molar-refractivity contribution in [2.75, 3.05) is 17.6 Å². The van der Waals surface area contributed by atoms with Crippen molar-refractivity contribution >= 4 is 81.1 Å². The molecule has 6 rings (SSSR count). The van der Waals surface area contributed by atoms with Gasteiger partial charge in [-0.25, -0.2) is 40.5 Å². The number of H-pyrrole nitrogens is 1. The maximum absolute atomic E-state index is 13.6. The van der Waals surface area contributed by atoms with Crippen molar-refractivity contribution in [1.82, 2.24) is 19.9 Å². The summed E-state index contributed by atoms with van der Waals surface area (Å²) < 4.78 is 68.7. The van der Waals surface area contributed by atoms with Gasteiger partial charge in [-0.15, -0.1) is 22.7 Å². The Hall–Kier alpha value is -3.63. The first kappa shape index (κ1) is 32.8. The number of para-hydroxylation sites is 2. The zero-order valence-corrected chi connectivity index (χ0v) is 28.6. The molecule has 45 heavy (non-hydrogen) atoms. The van der Waals surface area contributed by atoms with Gasteiger partial charge in [-0.2, -0.15) is 0 Å². The predicted octanol–water partition coefficient (Wildman–Crippen LogP) is 7.34. The van der Waals surface area contributed by atoms with E-state index in [0.29, 0.717) is 22.3 Å². The average Bonchev–Trinajstić information content (AvgIpc) is 3.60. The van der Waals surface area contributed by atoms with Gasteiger partial charge in [0.1, 0.15) is 5.82 Å². The molecule has 0 radical (unpaired) electrons. The van der Waals surface area contributed by atoms with E-state index in [9.17, 15) is 21.2 Å². The third kappa shape index (κ3) is 7.44. The molecule has 234 valence electrons. The number of rotatable bonds is 7. The lowest BCUT2D eigenvalue weighted by molar-refractivity contribution is 0.592. The molecule has 0 aliphatic rings. The maximum Gasteiger partial charge on any atom is 0.239 e. The minimum absolute atomic E-state index is 0.0317. The summed E-state index contributed by atoms with van der Waals surface area (Å²) in [5, 5.41) is 0. The third-order valence-electron chi connectivity index (χ3n) is 6.67. The monoisotopic (exact) mass is 701 g/mol. The average molecular weight is 702 g/mol. The Morgan fingerprint density at radius 1 is 0.889 bits per heavy atom. The molecule has 0 saturated carbocycles. The fraction of sp³-hybridized carbons (Fsp3) is 0.200. The van der Waals surface area contributed by atoms with Crippen molar-refractivity contribution in [3.05, 3.63) is 93.8 Å². The van der Waals surface area contributed by atoms with E-state index < -0.39 is 31.4 Å². The highest BCUT2D eigenvalue weighted by molar-refractivity contribution is 7.92. The van der Waals surface area contributed by atoms with Crippen LogP contribution >= 0.6 is 34.9 Å². The van der Waals surface area contributed by atoms with E-state index in [1.54, 1.807) is 29.5 Å². The SMILES string of the molecule is CC(C)c1nc(N(C)S(C)(=O)=O)nc(-c2ccc(F)cc2)c1CS(=O)(=O)c1nc2ccccc2s1.S=c1[nH]c2ccccc2s1. The number of aromatic amines is 1. The highest BCUT2D eigenvalue weighted by Gasteiger charge is 2.28. The normalized spacial score (nSPS) is 12.0. The summed E-state index contributed by atoms with van der Waals surface area (Å²) in [5.41, 5.74) is 3.08. The lowest BCUT2D eigenvalue weighted by Crippen LogP contribution is -2.28. The molecule has 0 bridgehead atoms. The van der Waals surface area contributed by atoms with Crippen molar-refractivity contribution < 1.29 is 21.2 Å². The number of anilines is 1. The van der Waals surface area contributed by atoms with Gasteiger partial charge in [0.2, 0.25) is 30.1 Å². The molecule has 15 heteroatoms. The molecule has 9 nitrogen and oxygen atoms in total. The second kappa shape index (κ2) is 13.0. The summed E-state index contributed by atoms with van der Waals surface area (Å²) in [4.78, 5) is 16.3. The van der Waals surface area contributed by atoms with Crippen LogP contribution in [-0.2, 0) is 25.6 Å². The van der Waals surface area contributed by atoms with Crippen LogP contribution in [0.5, 0.6) is 0 Å². The van der Waals surface area contributed by atoms with Crippen molar-refractivity contribution in [1.29, 1.82) is 0 Å². The molecule has 3 heterocycles. The number of hydrogen-bond acceptors (Lipinski definition) is 10. The number of halogens is 1. The largest absolute Gasteiger partial charge is 0.337 e. The number of nitrogens with zero attached hydrogens (tertiary/aromatic N) is 4. The quantitative estimate of drug-likeness (QED) is 0.171. The van der Waals surface area contributed by atoms with Crippen molar-refractivity contribution in [2.45, 2.75) is 29.9 Å². The molecular formula is C30H28FN5O4S5. The van der Waals surface area contributed by atoms with Gasteiger partial charge in [0.05, 0.1) is 43.8 Å². The summed E-state index contributed by atoms with van der Waals surface area (Å²) in [6.07, 6.45) is 1.02.